The van der Waals surface area contributed by atoms with Gasteiger partial charge in [0.2, 0.25) is 5.91 Å². The number of methoxy groups -OCH3 is 1. The molecule has 3 amide bonds. The molecule has 0 spiro atoms. The lowest BCUT2D eigenvalue weighted by atomic mass is 9.95. The molecule has 39 heavy (non-hydrogen) atoms. The molecule has 2 heterocycles. The number of amides is 3. The van der Waals surface area contributed by atoms with Crippen LogP contribution in [-0.2, 0) is 27.0 Å². The first-order valence-corrected chi connectivity index (χ1v) is 12.7. The number of rotatable bonds is 6. The van der Waals surface area contributed by atoms with Crippen molar-refractivity contribution in [3.63, 3.8) is 0 Å². The minimum Gasteiger partial charge on any atom is -0.496 e. The summed E-state index contributed by atoms with van der Waals surface area (Å²) in [6.45, 7) is 0.368. The normalized spacial score (nSPS) is 23.7. The molecule has 0 aromatic heterocycles. The maximum Gasteiger partial charge on any atom is 0.416 e. The molecule has 2 aromatic rings. The smallest absolute Gasteiger partial charge is 0.416 e. The predicted molar refractivity (Wildman–Crippen MR) is 135 cm³/mol. The Bertz CT molecular complexity index is 1130. The summed E-state index contributed by atoms with van der Waals surface area (Å²) < 4.78 is 55.7. The maximum absolute atomic E-state index is 13.2. The SMILES string of the molecule is COc1ccccc1CNC(=O)C[C@H]1CC[C@H]2[C@@H](COC[C@@H](O)CN2C(=O)Nc2ccc(C(F)(F)F)cc2)O1. The lowest BCUT2D eigenvalue weighted by Gasteiger charge is -2.44. The second kappa shape index (κ2) is 12.7. The highest BCUT2D eigenvalue weighted by Gasteiger charge is 2.40. The molecular weight excluding hydrogens is 519 g/mol. The summed E-state index contributed by atoms with van der Waals surface area (Å²) in [7, 11) is 1.57. The van der Waals surface area contributed by atoms with E-state index in [1.54, 1.807) is 7.11 Å². The number of β-amino-alcohol motifs (C(OH)–C–C–N with tert-alkyl or cyclic N) is 1. The molecule has 4 atom stereocenters. The number of para-hydroxylation sites is 1. The van der Waals surface area contributed by atoms with Crippen molar-refractivity contribution in [2.75, 3.05) is 32.2 Å². The van der Waals surface area contributed by atoms with Crippen LogP contribution in [0.4, 0.5) is 23.7 Å². The molecule has 4 rings (SSSR count). The Balaban J connectivity index is 1.36. The number of fused-ring (bicyclic) bond motifs is 1. The van der Waals surface area contributed by atoms with Crippen LogP contribution in [0.25, 0.3) is 0 Å². The fourth-order valence-electron chi connectivity index (χ4n) is 4.83. The monoisotopic (exact) mass is 551 g/mol. The molecule has 9 nitrogen and oxygen atoms in total. The Morgan fingerprint density at radius 1 is 1.10 bits per heavy atom. The minimum atomic E-state index is -4.48. The lowest BCUT2D eigenvalue weighted by Crippen LogP contribution is -2.58. The molecule has 0 saturated carbocycles. The zero-order valence-corrected chi connectivity index (χ0v) is 21.4. The number of carbonyl (C=O) groups is 2. The first-order chi connectivity index (χ1) is 18.6. The van der Waals surface area contributed by atoms with Gasteiger partial charge in [0.05, 0.1) is 57.1 Å². The second-order valence-corrected chi connectivity index (χ2v) is 9.58. The van der Waals surface area contributed by atoms with Crippen molar-refractivity contribution in [3.05, 3.63) is 59.7 Å². The Labute approximate surface area is 224 Å². The van der Waals surface area contributed by atoms with Gasteiger partial charge in [-0.25, -0.2) is 4.79 Å². The summed E-state index contributed by atoms with van der Waals surface area (Å²) in [6, 6.07) is 10.5. The Morgan fingerprint density at radius 3 is 2.56 bits per heavy atom. The number of anilines is 1. The van der Waals surface area contributed by atoms with Crippen LogP contribution in [0.15, 0.2) is 48.5 Å². The average Bonchev–Trinajstić information content (AvgIpc) is 2.90. The van der Waals surface area contributed by atoms with E-state index in [0.29, 0.717) is 25.1 Å². The van der Waals surface area contributed by atoms with E-state index in [9.17, 15) is 27.9 Å². The minimum absolute atomic E-state index is 0.0132. The van der Waals surface area contributed by atoms with Crippen LogP contribution < -0.4 is 15.4 Å². The summed E-state index contributed by atoms with van der Waals surface area (Å²) in [6.07, 6.45) is -5.26. The van der Waals surface area contributed by atoms with Gasteiger partial charge in [-0.1, -0.05) is 18.2 Å². The van der Waals surface area contributed by atoms with Gasteiger partial charge in [0.25, 0.3) is 0 Å². The van der Waals surface area contributed by atoms with E-state index in [-0.39, 0.29) is 37.8 Å². The van der Waals surface area contributed by atoms with Crippen molar-refractivity contribution in [2.45, 2.75) is 56.3 Å². The second-order valence-electron chi connectivity index (χ2n) is 9.58. The number of ether oxygens (including phenoxy) is 3. The van der Waals surface area contributed by atoms with Gasteiger partial charge in [0, 0.05) is 17.8 Å². The van der Waals surface area contributed by atoms with Gasteiger partial charge in [-0.05, 0) is 43.2 Å². The molecule has 2 aliphatic rings. The van der Waals surface area contributed by atoms with E-state index in [1.807, 2.05) is 24.3 Å². The number of carbonyl (C=O) groups excluding carboxylic acids is 2. The first kappa shape index (κ1) is 28.7. The zero-order valence-electron chi connectivity index (χ0n) is 21.4. The van der Waals surface area contributed by atoms with Gasteiger partial charge in [-0.15, -0.1) is 0 Å². The molecule has 0 radical (unpaired) electrons. The molecule has 2 saturated heterocycles. The van der Waals surface area contributed by atoms with Crippen LogP contribution in [0.5, 0.6) is 5.75 Å². The molecule has 0 bridgehead atoms. The van der Waals surface area contributed by atoms with Crippen LogP contribution in [0, 0.1) is 0 Å². The van der Waals surface area contributed by atoms with Crippen molar-refractivity contribution in [1.82, 2.24) is 10.2 Å². The highest BCUT2D eigenvalue weighted by Crippen LogP contribution is 2.31. The fraction of sp³-hybridized carbons (Fsp3) is 0.481. The Hall–Kier alpha value is -3.35. The average molecular weight is 552 g/mol. The number of urea groups is 1. The topological polar surface area (TPSA) is 109 Å². The van der Waals surface area contributed by atoms with Gasteiger partial charge in [-0.3, -0.25) is 4.79 Å². The number of benzene rings is 2. The van der Waals surface area contributed by atoms with Gasteiger partial charge < -0.3 is 34.9 Å². The summed E-state index contributed by atoms with van der Waals surface area (Å²) in [5.41, 5.74) is 0.219. The van der Waals surface area contributed by atoms with Crippen molar-refractivity contribution < 1.29 is 42.1 Å². The predicted octanol–water partition coefficient (Wildman–Crippen LogP) is 3.56. The van der Waals surface area contributed by atoms with E-state index in [0.717, 1.165) is 17.7 Å². The molecule has 2 fully saturated rings. The molecule has 212 valence electrons. The van der Waals surface area contributed by atoms with Crippen LogP contribution in [0.2, 0.25) is 0 Å². The maximum atomic E-state index is 13.2. The number of nitrogens with zero attached hydrogens (tertiary/aromatic N) is 1. The first-order valence-electron chi connectivity index (χ1n) is 12.7. The van der Waals surface area contributed by atoms with E-state index in [4.69, 9.17) is 14.2 Å². The summed E-state index contributed by atoms with van der Waals surface area (Å²) in [5, 5.41) is 15.8. The van der Waals surface area contributed by atoms with Crippen LogP contribution in [-0.4, -0.2) is 73.2 Å². The van der Waals surface area contributed by atoms with Crippen LogP contribution >= 0.6 is 0 Å². The molecule has 12 heteroatoms. The molecule has 0 unspecified atom stereocenters. The van der Waals surface area contributed by atoms with Crippen molar-refractivity contribution in [1.29, 1.82) is 0 Å². The Kier molecular flexibility index (Phi) is 9.31. The van der Waals surface area contributed by atoms with Gasteiger partial charge >= 0.3 is 12.2 Å². The third-order valence-electron chi connectivity index (χ3n) is 6.79. The summed E-state index contributed by atoms with van der Waals surface area (Å²) in [4.78, 5) is 27.2. The van der Waals surface area contributed by atoms with Crippen molar-refractivity contribution in [3.8, 4) is 5.75 Å². The number of aliphatic hydroxyl groups is 1. The molecule has 0 aliphatic carbocycles. The number of alkyl halides is 3. The summed E-state index contributed by atoms with van der Waals surface area (Å²) >= 11 is 0. The standard InChI is InChI=1S/C27H32F3N3O6/c1-37-23-5-3-2-4-17(23)13-31-25(35)12-21-10-11-22-24(39-21)16-38-15-20(34)14-33(22)26(36)32-19-8-6-18(7-9-19)27(28,29)30/h2-9,20-22,24,34H,10-16H2,1H3,(H,31,35)(H,32,36)/t20-,21+,22-,24+/m0/s1. The number of halogens is 3. The van der Waals surface area contributed by atoms with Crippen molar-refractivity contribution in [2.24, 2.45) is 0 Å². The van der Waals surface area contributed by atoms with E-state index in [1.165, 1.54) is 17.0 Å². The number of aliphatic hydroxyl groups excluding tert-OH is 1. The fourth-order valence-corrected chi connectivity index (χ4v) is 4.83. The highest BCUT2D eigenvalue weighted by molar-refractivity contribution is 5.89. The Morgan fingerprint density at radius 2 is 1.85 bits per heavy atom. The van der Waals surface area contributed by atoms with E-state index in [2.05, 4.69) is 10.6 Å². The third kappa shape index (κ3) is 7.61. The van der Waals surface area contributed by atoms with Gasteiger partial charge in [0.1, 0.15) is 11.9 Å². The lowest BCUT2D eigenvalue weighted by molar-refractivity contribution is -0.149. The van der Waals surface area contributed by atoms with Crippen molar-refractivity contribution >= 4 is 17.6 Å². The number of nitrogens with one attached hydrogen (secondary N) is 2. The zero-order chi connectivity index (χ0) is 28.0. The largest absolute Gasteiger partial charge is 0.496 e. The van der Waals surface area contributed by atoms with E-state index < -0.39 is 42.1 Å². The van der Waals surface area contributed by atoms with Crippen LogP contribution in [0.1, 0.15) is 30.4 Å². The van der Waals surface area contributed by atoms with E-state index >= 15 is 0 Å². The summed E-state index contributed by atoms with van der Waals surface area (Å²) in [5.74, 6) is 0.488. The molecular formula is C27H32F3N3O6. The molecule has 2 aromatic carbocycles. The number of hydrogen-bond acceptors (Lipinski definition) is 6. The highest BCUT2D eigenvalue weighted by atomic mass is 19.4. The quantitative estimate of drug-likeness (QED) is 0.507. The van der Waals surface area contributed by atoms with Gasteiger partial charge in [0.15, 0.2) is 0 Å². The third-order valence-corrected chi connectivity index (χ3v) is 6.79. The molecule has 2 aliphatic heterocycles. The molecule has 3 N–H and O–H groups in total. The van der Waals surface area contributed by atoms with Gasteiger partial charge in [-0.2, -0.15) is 13.2 Å². The number of hydrogen-bond donors (Lipinski definition) is 3. The van der Waals surface area contributed by atoms with Crippen LogP contribution in [0.3, 0.4) is 0 Å².